The number of aromatic nitrogens is 2. The molecule has 6 heteroatoms. The number of carbonyl (C=O) groups excluding carboxylic acids is 1. The van der Waals surface area contributed by atoms with E-state index in [1.807, 2.05) is 19.1 Å². The van der Waals surface area contributed by atoms with Gasteiger partial charge >= 0.3 is 0 Å². The Bertz CT molecular complexity index is 612. The number of nitrogens with one attached hydrogen (secondary N) is 1. The van der Waals surface area contributed by atoms with Crippen LogP contribution in [0.4, 0.5) is 0 Å². The average molecular weight is 275 g/mol. The molecule has 6 nitrogen and oxygen atoms in total. The van der Waals surface area contributed by atoms with Crippen LogP contribution in [0.3, 0.4) is 0 Å². The van der Waals surface area contributed by atoms with Crippen LogP contribution in [0.1, 0.15) is 11.4 Å². The predicted molar refractivity (Wildman–Crippen MR) is 74.8 cm³/mol. The number of nitrogens with zero attached hydrogens (tertiary/aromatic N) is 1. The minimum absolute atomic E-state index is 0.115. The average Bonchev–Trinajstić information content (AvgIpc) is 2.79. The number of primary amides is 1. The highest BCUT2D eigenvalue weighted by atomic mass is 16.5. The molecule has 2 rings (SSSR count). The summed E-state index contributed by atoms with van der Waals surface area (Å²) < 4.78 is 10.4. The lowest BCUT2D eigenvalue weighted by molar-refractivity contribution is -0.117. The summed E-state index contributed by atoms with van der Waals surface area (Å²) in [7, 11) is 3.18. The van der Waals surface area contributed by atoms with Crippen molar-refractivity contribution < 1.29 is 14.3 Å². The van der Waals surface area contributed by atoms with Crippen molar-refractivity contribution in [3.63, 3.8) is 0 Å². The van der Waals surface area contributed by atoms with E-state index in [9.17, 15) is 4.79 Å². The first kappa shape index (κ1) is 13.9. The molecule has 0 aliphatic heterocycles. The number of amides is 1. The Morgan fingerprint density at radius 3 is 2.35 bits per heavy atom. The summed E-state index contributed by atoms with van der Waals surface area (Å²) in [5, 5.41) is 0. The van der Waals surface area contributed by atoms with Crippen LogP contribution in [0.15, 0.2) is 18.2 Å². The summed E-state index contributed by atoms with van der Waals surface area (Å²) in [5.41, 5.74) is 7.49. The number of aromatic amines is 1. The number of hydrogen-bond donors (Lipinski definition) is 2. The molecule has 0 bridgehead atoms. The second-order valence-electron chi connectivity index (χ2n) is 4.40. The minimum atomic E-state index is -0.408. The zero-order valence-corrected chi connectivity index (χ0v) is 11.7. The van der Waals surface area contributed by atoms with Crippen molar-refractivity contribution in [3.8, 4) is 22.9 Å². The number of hydrogen-bond acceptors (Lipinski definition) is 4. The summed E-state index contributed by atoms with van der Waals surface area (Å²) in [4.78, 5) is 18.5. The van der Waals surface area contributed by atoms with Gasteiger partial charge in [-0.25, -0.2) is 4.98 Å². The highest BCUT2D eigenvalue weighted by molar-refractivity contribution is 5.76. The molecule has 20 heavy (non-hydrogen) atoms. The number of nitrogens with two attached hydrogens (primary N) is 1. The van der Waals surface area contributed by atoms with Crippen LogP contribution in [0, 0.1) is 6.92 Å². The molecule has 0 fully saturated rings. The van der Waals surface area contributed by atoms with Crippen LogP contribution in [-0.4, -0.2) is 30.1 Å². The van der Waals surface area contributed by atoms with E-state index in [4.69, 9.17) is 15.2 Å². The van der Waals surface area contributed by atoms with Gasteiger partial charge in [-0.05, 0) is 19.1 Å². The van der Waals surface area contributed by atoms with Crippen LogP contribution in [0.25, 0.3) is 11.4 Å². The second kappa shape index (κ2) is 5.64. The van der Waals surface area contributed by atoms with E-state index in [1.54, 1.807) is 20.3 Å². The van der Waals surface area contributed by atoms with Gasteiger partial charge in [-0.3, -0.25) is 4.79 Å². The maximum atomic E-state index is 11.0. The Labute approximate surface area is 116 Å². The Morgan fingerprint density at radius 2 is 1.85 bits per heavy atom. The number of rotatable bonds is 5. The normalized spacial score (nSPS) is 10.3. The zero-order chi connectivity index (χ0) is 14.7. The Kier molecular flexibility index (Phi) is 3.93. The summed E-state index contributed by atoms with van der Waals surface area (Å²) >= 11 is 0. The number of aryl methyl sites for hydroxylation is 1. The lowest BCUT2D eigenvalue weighted by Crippen LogP contribution is -2.14. The maximum Gasteiger partial charge on any atom is 0.223 e. The summed E-state index contributed by atoms with van der Waals surface area (Å²) in [6.07, 6.45) is 0.115. The third kappa shape index (κ3) is 2.90. The van der Waals surface area contributed by atoms with Gasteiger partial charge in [0.1, 0.15) is 17.3 Å². The molecule has 0 spiro atoms. The van der Waals surface area contributed by atoms with Crippen LogP contribution in [0.5, 0.6) is 11.5 Å². The number of imidazole rings is 1. The van der Waals surface area contributed by atoms with Crippen LogP contribution in [0.2, 0.25) is 0 Å². The molecular weight excluding hydrogens is 258 g/mol. The monoisotopic (exact) mass is 275 g/mol. The van der Waals surface area contributed by atoms with Crippen LogP contribution >= 0.6 is 0 Å². The molecule has 3 N–H and O–H groups in total. The van der Waals surface area contributed by atoms with E-state index in [0.29, 0.717) is 23.0 Å². The fraction of sp³-hybridized carbons (Fsp3) is 0.286. The molecule has 106 valence electrons. The number of H-pyrrole nitrogens is 1. The van der Waals surface area contributed by atoms with Gasteiger partial charge in [-0.2, -0.15) is 0 Å². The summed E-state index contributed by atoms with van der Waals surface area (Å²) in [6.45, 7) is 1.85. The van der Waals surface area contributed by atoms with Crippen LogP contribution in [-0.2, 0) is 11.2 Å². The lowest BCUT2D eigenvalue weighted by Gasteiger charge is -2.06. The zero-order valence-electron chi connectivity index (χ0n) is 11.7. The highest BCUT2D eigenvalue weighted by Crippen LogP contribution is 2.28. The van der Waals surface area contributed by atoms with E-state index in [2.05, 4.69) is 9.97 Å². The van der Waals surface area contributed by atoms with Crippen molar-refractivity contribution >= 4 is 5.91 Å². The van der Waals surface area contributed by atoms with Crippen molar-refractivity contribution in [3.05, 3.63) is 29.6 Å². The molecule has 0 radical (unpaired) electrons. The third-order valence-electron chi connectivity index (χ3n) is 2.95. The smallest absolute Gasteiger partial charge is 0.223 e. The Balaban J connectivity index is 2.43. The SMILES string of the molecule is COc1cc(OC)cc(-c2nc(CC(N)=O)c(C)[nH]2)c1. The second-order valence-corrected chi connectivity index (χ2v) is 4.40. The van der Waals surface area contributed by atoms with Gasteiger partial charge in [0.25, 0.3) is 0 Å². The molecule has 0 aliphatic carbocycles. The summed E-state index contributed by atoms with van der Waals surface area (Å²) in [6, 6.07) is 5.47. The van der Waals surface area contributed by atoms with Crippen LogP contribution < -0.4 is 15.2 Å². The van der Waals surface area contributed by atoms with E-state index in [-0.39, 0.29) is 6.42 Å². The fourth-order valence-electron chi connectivity index (χ4n) is 1.91. The maximum absolute atomic E-state index is 11.0. The number of methoxy groups -OCH3 is 2. The van der Waals surface area contributed by atoms with E-state index >= 15 is 0 Å². The molecule has 2 aromatic rings. The van der Waals surface area contributed by atoms with Crippen molar-refractivity contribution in [2.45, 2.75) is 13.3 Å². The first-order valence-electron chi connectivity index (χ1n) is 6.10. The molecule has 0 aliphatic rings. The third-order valence-corrected chi connectivity index (χ3v) is 2.95. The van der Waals surface area contributed by atoms with Crippen molar-refractivity contribution in [1.82, 2.24) is 9.97 Å². The largest absolute Gasteiger partial charge is 0.497 e. The van der Waals surface area contributed by atoms with Crippen molar-refractivity contribution in [2.24, 2.45) is 5.73 Å². The highest BCUT2D eigenvalue weighted by Gasteiger charge is 2.12. The molecule has 0 saturated heterocycles. The molecule has 0 unspecified atom stereocenters. The quantitative estimate of drug-likeness (QED) is 0.863. The molecule has 1 heterocycles. The molecule has 1 aromatic carbocycles. The van der Waals surface area contributed by atoms with Gasteiger partial charge in [0.2, 0.25) is 5.91 Å². The molecule has 1 amide bonds. The minimum Gasteiger partial charge on any atom is -0.497 e. The Hall–Kier alpha value is -2.50. The molecular formula is C14H17N3O3. The predicted octanol–water partition coefficient (Wildman–Crippen LogP) is 1.43. The Morgan fingerprint density at radius 1 is 1.25 bits per heavy atom. The molecule has 1 aromatic heterocycles. The first-order valence-corrected chi connectivity index (χ1v) is 6.10. The van der Waals surface area contributed by atoms with Gasteiger partial charge in [0, 0.05) is 17.3 Å². The number of ether oxygens (including phenoxy) is 2. The number of carbonyl (C=O) groups is 1. The van der Waals surface area contributed by atoms with Crippen molar-refractivity contribution in [2.75, 3.05) is 14.2 Å². The van der Waals surface area contributed by atoms with E-state index in [0.717, 1.165) is 11.3 Å². The lowest BCUT2D eigenvalue weighted by atomic mass is 10.2. The number of benzene rings is 1. The molecule has 0 atom stereocenters. The standard InChI is InChI=1S/C14H17N3O3/c1-8-12(7-13(15)18)17-14(16-8)9-4-10(19-2)6-11(5-9)20-3/h4-6H,7H2,1-3H3,(H2,15,18)(H,16,17). The first-order chi connectivity index (χ1) is 9.53. The topological polar surface area (TPSA) is 90.2 Å². The van der Waals surface area contributed by atoms with E-state index < -0.39 is 5.91 Å². The fourth-order valence-corrected chi connectivity index (χ4v) is 1.91. The van der Waals surface area contributed by atoms with Gasteiger partial charge in [0.15, 0.2) is 0 Å². The van der Waals surface area contributed by atoms with Gasteiger partial charge in [-0.15, -0.1) is 0 Å². The van der Waals surface area contributed by atoms with E-state index in [1.165, 1.54) is 0 Å². The van der Waals surface area contributed by atoms with Gasteiger partial charge < -0.3 is 20.2 Å². The van der Waals surface area contributed by atoms with Gasteiger partial charge in [-0.1, -0.05) is 0 Å². The molecule has 0 saturated carbocycles. The van der Waals surface area contributed by atoms with Gasteiger partial charge in [0.05, 0.1) is 26.3 Å². The van der Waals surface area contributed by atoms with Crippen molar-refractivity contribution in [1.29, 1.82) is 0 Å². The summed E-state index contributed by atoms with van der Waals surface area (Å²) in [5.74, 6) is 1.58.